The van der Waals surface area contributed by atoms with E-state index in [4.69, 9.17) is 4.74 Å². The summed E-state index contributed by atoms with van der Waals surface area (Å²) < 4.78 is 32.4. The molecule has 23 heavy (non-hydrogen) atoms. The smallest absolute Gasteiger partial charge is 0.140 e. The van der Waals surface area contributed by atoms with Gasteiger partial charge in [-0.25, -0.2) is 8.78 Å². The first-order valence-corrected chi connectivity index (χ1v) is 7.24. The highest BCUT2D eigenvalue weighted by Gasteiger charge is 2.19. The van der Waals surface area contributed by atoms with E-state index >= 15 is 0 Å². The van der Waals surface area contributed by atoms with E-state index in [1.807, 2.05) is 0 Å². The molecule has 118 valence electrons. The van der Waals surface area contributed by atoms with Crippen molar-refractivity contribution in [3.05, 3.63) is 65.7 Å². The van der Waals surface area contributed by atoms with Crippen LogP contribution < -0.4 is 4.74 Å². The monoisotopic (exact) mass is 314 g/mol. The van der Waals surface area contributed by atoms with Crippen LogP contribution in [0.5, 0.6) is 5.75 Å². The van der Waals surface area contributed by atoms with Crippen molar-refractivity contribution in [3.8, 4) is 5.75 Å². The minimum absolute atomic E-state index is 0.281. The average Bonchev–Trinajstić information content (AvgIpc) is 2.53. The minimum Gasteiger partial charge on any atom is -0.487 e. The lowest BCUT2D eigenvalue weighted by molar-refractivity contribution is 0.221. The summed E-state index contributed by atoms with van der Waals surface area (Å²) >= 11 is 0. The Kier molecular flexibility index (Phi) is 3.94. The predicted octanol–water partition coefficient (Wildman–Crippen LogP) is 4.55. The highest BCUT2D eigenvalue weighted by atomic mass is 19.1. The Labute approximate surface area is 133 Å². The summed E-state index contributed by atoms with van der Waals surface area (Å²) in [6, 6.07) is 9.54. The largest absolute Gasteiger partial charge is 0.487 e. The third kappa shape index (κ3) is 3.62. The van der Waals surface area contributed by atoms with Gasteiger partial charge in [0.2, 0.25) is 0 Å². The summed E-state index contributed by atoms with van der Waals surface area (Å²) in [5.74, 6) is 0.276. The van der Waals surface area contributed by atoms with Gasteiger partial charge in [0, 0.05) is 17.8 Å². The summed E-state index contributed by atoms with van der Waals surface area (Å²) in [6.45, 7) is 3.27. The highest BCUT2D eigenvalue weighted by molar-refractivity contribution is 5.75. The lowest BCUT2D eigenvalue weighted by Gasteiger charge is -2.14. The molecule has 3 rings (SSSR count). The molecule has 0 aliphatic heterocycles. The number of rotatable bonds is 4. The van der Waals surface area contributed by atoms with Crippen molar-refractivity contribution in [2.75, 3.05) is 0 Å². The molecular formula is C18H16F2N2O. The van der Waals surface area contributed by atoms with Crippen LogP contribution in [0.1, 0.15) is 25.0 Å². The summed E-state index contributed by atoms with van der Waals surface area (Å²) in [4.78, 5) is 8.51. The SMILES string of the molecule is CC(C)(F)c1cnc2cc(OCc3ccc(F)cc3)cnc2c1. The van der Waals surface area contributed by atoms with Crippen LogP contribution in [-0.2, 0) is 12.3 Å². The topological polar surface area (TPSA) is 35.0 Å². The molecule has 0 fully saturated rings. The molecule has 0 bridgehead atoms. The van der Waals surface area contributed by atoms with Crippen molar-refractivity contribution in [2.24, 2.45) is 0 Å². The predicted molar refractivity (Wildman–Crippen MR) is 84.4 cm³/mol. The molecule has 0 radical (unpaired) electrons. The second-order valence-corrected chi connectivity index (χ2v) is 5.82. The van der Waals surface area contributed by atoms with E-state index in [0.717, 1.165) is 5.56 Å². The van der Waals surface area contributed by atoms with Crippen LogP contribution in [0.15, 0.2) is 48.8 Å². The molecule has 3 aromatic rings. The fraction of sp³-hybridized carbons (Fsp3) is 0.222. The Morgan fingerprint density at radius 2 is 1.65 bits per heavy atom. The third-order valence-electron chi connectivity index (χ3n) is 3.51. The minimum atomic E-state index is -1.46. The Balaban J connectivity index is 1.79. The van der Waals surface area contributed by atoms with Gasteiger partial charge < -0.3 is 4.74 Å². The fourth-order valence-corrected chi connectivity index (χ4v) is 2.13. The number of benzene rings is 1. The summed E-state index contributed by atoms with van der Waals surface area (Å²) in [6.07, 6.45) is 3.08. The molecule has 2 heterocycles. The van der Waals surface area contributed by atoms with Crippen molar-refractivity contribution < 1.29 is 13.5 Å². The number of halogens is 2. The molecular weight excluding hydrogens is 298 g/mol. The van der Waals surface area contributed by atoms with Crippen molar-refractivity contribution >= 4 is 11.0 Å². The first-order chi connectivity index (χ1) is 10.9. The van der Waals surface area contributed by atoms with Gasteiger partial charge in [-0.2, -0.15) is 0 Å². The second-order valence-electron chi connectivity index (χ2n) is 5.82. The Bertz CT molecular complexity index is 827. The molecule has 0 aliphatic carbocycles. The van der Waals surface area contributed by atoms with Crippen LogP contribution in [-0.4, -0.2) is 9.97 Å². The molecule has 3 nitrogen and oxygen atoms in total. The Morgan fingerprint density at radius 1 is 1.00 bits per heavy atom. The van der Waals surface area contributed by atoms with E-state index in [0.29, 0.717) is 29.0 Å². The standard InChI is InChI=1S/C18H16F2N2O/c1-18(2,20)13-7-16-17(21-9-13)8-15(10-22-16)23-11-12-3-5-14(19)6-4-12/h3-10H,11H2,1-2H3. The first kappa shape index (κ1) is 15.3. The van der Waals surface area contributed by atoms with Crippen LogP contribution in [0, 0.1) is 5.82 Å². The van der Waals surface area contributed by atoms with Crippen LogP contribution >= 0.6 is 0 Å². The zero-order chi connectivity index (χ0) is 16.4. The number of hydrogen-bond acceptors (Lipinski definition) is 3. The van der Waals surface area contributed by atoms with Gasteiger partial charge >= 0.3 is 0 Å². The molecule has 0 saturated carbocycles. The average molecular weight is 314 g/mol. The van der Waals surface area contributed by atoms with Crippen LogP contribution in [0.2, 0.25) is 0 Å². The van der Waals surface area contributed by atoms with E-state index in [1.54, 1.807) is 30.5 Å². The number of fused-ring (bicyclic) bond motifs is 1. The zero-order valence-electron chi connectivity index (χ0n) is 12.9. The van der Waals surface area contributed by atoms with Gasteiger partial charge in [-0.3, -0.25) is 9.97 Å². The Hall–Kier alpha value is -2.56. The molecule has 0 aliphatic rings. The normalized spacial score (nSPS) is 11.7. The molecule has 0 saturated heterocycles. The number of hydrogen-bond donors (Lipinski definition) is 0. The number of aromatic nitrogens is 2. The Morgan fingerprint density at radius 3 is 2.35 bits per heavy atom. The van der Waals surface area contributed by atoms with Crippen LogP contribution in [0.4, 0.5) is 8.78 Å². The molecule has 0 atom stereocenters. The van der Waals surface area contributed by atoms with Gasteiger partial charge in [0.25, 0.3) is 0 Å². The van der Waals surface area contributed by atoms with Gasteiger partial charge in [-0.15, -0.1) is 0 Å². The molecule has 0 unspecified atom stereocenters. The van der Waals surface area contributed by atoms with E-state index < -0.39 is 5.67 Å². The lowest BCUT2D eigenvalue weighted by atomic mass is 10.0. The molecule has 5 heteroatoms. The van der Waals surface area contributed by atoms with Crippen LogP contribution in [0.25, 0.3) is 11.0 Å². The van der Waals surface area contributed by atoms with Crippen molar-refractivity contribution in [1.82, 2.24) is 9.97 Å². The first-order valence-electron chi connectivity index (χ1n) is 7.24. The van der Waals surface area contributed by atoms with Gasteiger partial charge in [-0.05, 0) is 37.6 Å². The van der Waals surface area contributed by atoms with Crippen molar-refractivity contribution in [3.63, 3.8) is 0 Å². The number of nitrogens with zero attached hydrogens (tertiary/aromatic N) is 2. The maximum Gasteiger partial charge on any atom is 0.140 e. The van der Waals surface area contributed by atoms with Gasteiger partial charge in [0.15, 0.2) is 0 Å². The maximum atomic E-state index is 13.9. The molecule has 0 spiro atoms. The fourth-order valence-electron chi connectivity index (χ4n) is 2.13. The maximum absolute atomic E-state index is 13.9. The molecule has 0 amide bonds. The van der Waals surface area contributed by atoms with E-state index in [1.165, 1.54) is 32.2 Å². The molecule has 0 N–H and O–H groups in total. The number of alkyl halides is 1. The van der Waals surface area contributed by atoms with Crippen molar-refractivity contribution in [1.29, 1.82) is 0 Å². The van der Waals surface area contributed by atoms with Crippen molar-refractivity contribution in [2.45, 2.75) is 26.1 Å². The highest BCUT2D eigenvalue weighted by Crippen LogP contribution is 2.26. The lowest BCUT2D eigenvalue weighted by Crippen LogP contribution is -2.09. The van der Waals surface area contributed by atoms with E-state index in [-0.39, 0.29) is 5.82 Å². The summed E-state index contributed by atoms with van der Waals surface area (Å²) in [5.41, 5.74) is 1.13. The summed E-state index contributed by atoms with van der Waals surface area (Å²) in [5, 5.41) is 0. The molecule has 2 aromatic heterocycles. The van der Waals surface area contributed by atoms with E-state index in [2.05, 4.69) is 9.97 Å². The third-order valence-corrected chi connectivity index (χ3v) is 3.51. The summed E-state index contributed by atoms with van der Waals surface area (Å²) in [7, 11) is 0. The van der Waals surface area contributed by atoms with Gasteiger partial charge in [-0.1, -0.05) is 12.1 Å². The second kappa shape index (κ2) is 5.91. The number of ether oxygens (including phenoxy) is 1. The van der Waals surface area contributed by atoms with Gasteiger partial charge in [0.1, 0.15) is 23.8 Å². The number of pyridine rings is 2. The molecule has 1 aromatic carbocycles. The quantitative estimate of drug-likeness (QED) is 0.708. The van der Waals surface area contributed by atoms with Gasteiger partial charge in [0.05, 0.1) is 17.2 Å². The van der Waals surface area contributed by atoms with E-state index in [9.17, 15) is 8.78 Å². The van der Waals surface area contributed by atoms with Crippen LogP contribution in [0.3, 0.4) is 0 Å². The zero-order valence-corrected chi connectivity index (χ0v) is 12.9.